The lowest BCUT2D eigenvalue weighted by atomic mass is 10.1. The smallest absolute Gasteiger partial charge is 0.331 e. The predicted octanol–water partition coefficient (Wildman–Crippen LogP) is 3.28. The highest BCUT2D eigenvalue weighted by molar-refractivity contribution is 6.06. The van der Waals surface area contributed by atoms with Gasteiger partial charge in [-0.3, -0.25) is 9.36 Å². The highest BCUT2D eigenvalue weighted by Gasteiger charge is 2.12. The van der Waals surface area contributed by atoms with Crippen LogP contribution in [0.2, 0.25) is 0 Å². The van der Waals surface area contributed by atoms with Crippen LogP contribution in [0.1, 0.15) is 10.4 Å². The Balaban J connectivity index is 1.71. The summed E-state index contributed by atoms with van der Waals surface area (Å²) in [6.07, 6.45) is 0. The second-order valence-electron chi connectivity index (χ2n) is 5.84. The van der Waals surface area contributed by atoms with Gasteiger partial charge in [0, 0.05) is 17.3 Å². The fourth-order valence-electron chi connectivity index (χ4n) is 2.87. The molecular weight excluding hydrogens is 330 g/mol. The summed E-state index contributed by atoms with van der Waals surface area (Å²) in [7, 11) is 0. The maximum absolute atomic E-state index is 12.4. The minimum atomic E-state index is -0.328. The van der Waals surface area contributed by atoms with E-state index >= 15 is 0 Å². The average molecular weight is 345 g/mol. The molecule has 0 aliphatic rings. The lowest BCUT2D eigenvalue weighted by molar-refractivity contribution is 0.102. The fourth-order valence-corrected chi connectivity index (χ4v) is 2.87. The van der Waals surface area contributed by atoms with Gasteiger partial charge in [-0.1, -0.05) is 24.3 Å². The molecule has 0 saturated heterocycles. The van der Waals surface area contributed by atoms with Gasteiger partial charge in [-0.2, -0.15) is 0 Å². The molecule has 0 fully saturated rings. The molecule has 26 heavy (non-hydrogen) atoms. The van der Waals surface area contributed by atoms with Crippen LogP contribution in [0.15, 0.2) is 77.6 Å². The molecule has 0 saturated carbocycles. The van der Waals surface area contributed by atoms with Crippen LogP contribution in [-0.4, -0.2) is 20.6 Å². The third kappa shape index (κ3) is 2.84. The Labute approximate surface area is 148 Å². The molecular formula is C20H15N3O3. The molecule has 1 heterocycles. The van der Waals surface area contributed by atoms with E-state index in [9.17, 15) is 14.7 Å². The molecule has 0 aliphatic heterocycles. The first-order chi connectivity index (χ1) is 12.6. The van der Waals surface area contributed by atoms with Gasteiger partial charge in [0.05, 0.1) is 16.7 Å². The summed E-state index contributed by atoms with van der Waals surface area (Å²) in [6.45, 7) is 0. The number of carbonyl (C=O) groups excluding carboxylic acids is 1. The molecule has 0 radical (unpaired) electrons. The molecule has 0 atom stereocenters. The number of imidazole rings is 1. The van der Waals surface area contributed by atoms with Crippen molar-refractivity contribution in [2.45, 2.75) is 0 Å². The van der Waals surface area contributed by atoms with Crippen molar-refractivity contribution in [3.05, 3.63) is 88.8 Å². The fraction of sp³-hybridized carbons (Fsp3) is 0. The van der Waals surface area contributed by atoms with Crippen LogP contribution in [-0.2, 0) is 0 Å². The number of carbonyl (C=O) groups is 1. The van der Waals surface area contributed by atoms with Crippen LogP contribution in [0.4, 0.5) is 5.69 Å². The van der Waals surface area contributed by atoms with Crippen LogP contribution in [0.25, 0.3) is 16.7 Å². The van der Waals surface area contributed by atoms with Crippen molar-refractivity contribution < 1.29 is 9.90 Å². The summed E-state index contributed by atoms with van der Waals surface area (Å²) >= 11 is 0. The van der Waals surface area contributed by atoms with Gasteiger partial charge in [0.25, 0.3) is 5.91 Å². The highest BCUT2D eigenvalue weighted by Crippen LogP contribution is 2.19. The second-order valence-corrected chi connectivity index (χ2v) is 5.84. The molecule has 0 aliphatic carbocycles. The van der Waals surface area contributed by atoms with Crippen LogP contribution >= 0.6 is 0 Å². The van der Waals surface area contributed by atoms with Gasteiger partial charge in [0.15, 0.2) is 0 Å². The second kappa shape index (κ2) is 6.25. The van der Waals surface area contributed by atoms with Crippen LogP contribution in [0.3, 0.4) is 0 Å². The Hall–Kier alpha value is -3.80. The minimum Gasteiger partial charge on any atom is -0.508 e. The summed E-state index contributed by atoms with van der Waals surface area (Å²) < 4.78 is 1.56. The molecule has 1 aromatic heterocycles. The number of phenols is 1. The molecule has 6 heteroatoms. The number of fused-ring (bicyclic) bond motifs is 1. The molecule has 4 aromatic rings. The summed E-state index contributed by atoms with van der Waals surface area (Å²) in [5.41, 5.74) is 2.64. The largest absolute Gasteiger partial charge is 0.508 e. The SMILES string of the molecule is O=C(Nc1cccc(O)c1)c1ccc2c(c1)[nH]c(=O)n2-c1ccccc1. The number of para-hydroxylation sites is 1. The van der Waals surface area contributed by atoms with Crippen molar-refractivity contribution >= 4 is 22.6 Å². The van der Waals surface area contributed by atoms with Crippen LogP contribution in [0, 0.1) is 0 Å². The van der Waals surface area contributed by atoms with Crippen molar-refractivity contribution in [3.8, 4) is 11.4 Å². The van der Waals surface area contributed by atoms with Gasteiger partial charge < -0.3 is 15.4 Å². The quantitative estimate of drug-likeness (QED) is 0.532. The van der Waals surface area contributed by atoms with Crippen LogP contribution < -0.4 is 11.0 Å². The van der Waals surface area contributed by atoms with Gasteiger partial charge in [-0.25, -0.2) is 4.79 Å². The molecule has 3 aromatic carbocycles. The standard InChI is InChI=1S/C20H15N3O3/c24-16-8-4-5-14(12-16)21-19(25)13-9-10-18-17(11-13)22-20(26)23(18)15-6-2-1-3-7-15/h1-12,24H,(H,21,25)(H,22,26). The number of anilines is 1. The Morgan fingerprint density at radius 2 is 1.77 bits per heavy atom. The van der Waals surface area contributed by atoms with Gasteiger partial charge >= 0.3 is 5.69 Å². The molecule has 128 valence electrons. The van der Waals surface area contributed by atoms with Crippen molar-refractivity contribution in [1.82, 2.24) is 9.55 Å². The van der Waals surface area contributed by atoms with Gasteiger partial charge in [0.1, 0.15) is 5.75 Å². The number of aromatic nitrogens is 2. The van der Waals surface area contributed by atoms with Crippen molar-refractivity contribution in [2.75, 3.05) is 5.32 Å². The van der Waals surface area contributed by atoms with E-state index in [1.165, 1.54) is 12.1 Å². The summed E-state index contributed by atoms with van der Waals surface area (Å²) in [5.74, 6) is -0.256. The van der Waals surface area contributed by atoms with E-state index in [1.54, 1.807) is 34.9 Å². The third-order valence-corrected chi connectivity index (χ3v) is 4.06. The molecule has 6 nitrogen and oxygen atoms in total. The number of hydrogen-bond acceptors (Lipinski definition) is 3. The van der Waals surface area contributed by atoms with Crippen LogP contribution in [0.5, 0.6) is 5.75 Å². The Kier molecular flexibility index (Phi) is 3.78. The molecule has 4 rings (SSSR count). The normalized spacial score (nSPS) is 10.8. The van der Waals surface area contributed by atoms with Gasteiger partial charge in [-0.15, -0.1) is 0 Å². The van der Waals surface area contributed by atoms with E-state index in [2.05, 4.69) is 10.3 Å². The minimum absolute atomic E-state index is 0.0718. The zero-order valence-corrected chi connectivity index (χ0v) is 13.6. The average Bonchev–Trinajstić information content (AvgIpc) is 2.97. The Morgan fingerprint density at radius 3 is 2.54 bits per heavy atom. The highest BCUT2D eigenvalue weighted by atomic mass is 16.3. The zero-order chi connectivity index (χ0) is 18.1. The lowest BCUT2D eigenvalue weighted by Crippen LogP contribution is -2.14. The van der Waals surface area contributed by atoms with Crippen molar-refractivity contribution in [3.63, 3.8) is 0 Å². The van der Waals surface area contributed by atoms with Crippen molar-refractivity contribution in [1.29, 1.82) is 0 Å². The first-order valence-electron chi connectivity index (χ1n) is 8.02. The first-order valence-corrected chi connectivity index (χ1v) is 8.02. The molecule has 0 spiro atoms. The predicted molar refractivity (Wildman–Crippen MR) is 100.0 cm³/mol. The summed E-state index contributed by atoms with van der Waals surface area (Å²) in [4.78, 5) is 27.5. The third-order valence-electron chi connectivity index (χ3n) is 4.06. The lowest BCUT2D eigenvalue weighted by Gasteiger charge is -2.06. The van der Waals surface area contributed by atoms with E-state index in [0.717, 1.165) is 5.69 Å². The number of benzene rings is 3. The maximum atomic E-state index is 12.4. The Morgan fingerprint density at radius 1 is 0.962 bits per heavy atom. The number of amides is 1. The van der Waals surface area contributed by atoms with E-state index in [1.807, 2.05) is 30.3 Å². The number of phenolic OH excluding ortho intramolecular Hbond substituents is 1. The zero-order valence-electron chi connectivity index (χ0n) is 13.6. The number of nitrogens with zero attached hydrogens (tertiary/aromatic N) is 1. The number of H-pyrrole nitrogens is 1. The van der Waals surface area contributed by atoms with E-state index in [-0.39, 0.29) is 17.3 Å². The molecule has 1 amide bonds. The summed E-state index contributed by atoms with van der Waals surface area (Å²) in [5, 5.41) is 12.2. The number of rotatable bonds is 3. The molecule has 0 unspecified atom stereocenters. The van der Waals surface area contributed by atoms with E-state index in [4.69, 9.17) is 0 Å². The molecule has 0 bridgehead atoms. The topological polar surface area (TPSA) is 87.1 Å². The van der Waals surface area contributed by atoms with E-state index < -0.39 is 0 Å². The number of aromatic hydroxyl groups is 1. The first kappa shape index (κ1) is 15.7. The number of nitrogens with one attached hydrogen (secondary N) is 2. The van der Waals surface area contributed by atoms with E-state index in [0.29, 0.717) is 22.3 Å². The summed E-state index contributed by atoms with van der Waals surface area (Å²) in [6, 6.07) is 20.6. The monoisotopic (exact) mass is 345 g/mol. The maximum Gasteiger partial charge on any atom is 0.331 e. The Bertz CT molecular complexity index is 1160. The molecule has 3 N–H and O–H groups in total. The van der Waals surface area contributed by atoms with Crippen molar-refractivity contribution in [2.24, 2.45) is 0 Å². The van der Waals surface area contributed by atoms with Gasteiger partial charge in [-0.05, 0) is 42.5 Å². The number of aromatic amines is 1. The van der Waals surface area contributed by atoms with Gasteiger partial charge in [0.2, 0.25) is 0 Å². The number of hydrogen-bond donors (Lipinski definition) is 3.